The van der Waals surface area contributed by atoms with E-state index in [1.165, 1.54) is 0 Å². The van der Waals surface area contributed by atoms with Gasteiger partial charge in [-0.15, -0.1) is 0 Å². The van der Waals surface area contributed by atoms with Gasteiger partial charge >= 0.3 is 12.3 Å². The summed E-state index contributed by atoms with van der Waals surface area (Å²) in [5.41, 5.74) is -1.18. The highest BCUT2D eigenvalue weighted by atomic mass is 16.8. The van der Waals surface area contributed by atoms with E-state index >= 15 is 0 Å². The molecular formula is C18H24O8. The van der Waals surface area contributed by atoms with Gasteiger partial charge in [-0.1, -0.05) is 0 Å². The Balaban J connectivity index is 1.23. The molecule has 0 N–H and O–H groups in total. The molecule has 144 valence electrons. The summed E-state index contributed by atoms with van der Waals surface area (Å²) in [6, 6.07) is 0. The average Bonchev–Trinajstić information content (AvgIpc) is 3.43. The van der Waals surface area contributed by atoms with Crippen LogP contribution in [0.5, 0.6) is 0 Å². The van der Waals surface area contributed by atoms with E-state index in [2.05, 4.69) is 0 Å². The van der Waals surface area contributed by atoms with Gasteiger partial charge in [-0.3, -0.25) is 0 Å². The van der Waals surface area contributed by atoms with Crippen molar-refractivity contribution in [3.8, 4) is 0 Å². The number of carbonyl (C=O) groups is 2. The Labute approximate surface area is 151 Å². The van der Waals surface area contributed by atoms with Gasteiger partial charge < -0.3 is 28.4 Å². The lowest BCUT2D eigenvalue weighted by Crippen LogP contribution is -2.61. The summed E-state index contributed by atoms with van der Waals surface area (Å²) < 4.78 is 32.0. The molecule has 26 heavy (non-hydrogen) atoms. The molecule has 0 aromatic carbocycles. The Hall–Kier alpha value is -1.54. The molecule has 8 nitrogen and oxygen atoms in total. The third-order valence-corrected chi connectivity index (χ3v) is 6.13. The molecule has 6 rings (SSSR count). The highest BCUT2D eigenvalue weighted by Crippen LogP contribution is 2.60. The van der Waals surface area contributed by atoms with Crippen molar-refractivity contribution in [3.05, 3.63) is 0 Å². The largest absolute Gasteiger partial charge is 0.508 e. The van der Waals surface area contributed by atoms with Gasteiger partial charge in [-0.25, -0.2) is 9.59 Å². The normalized spacial score (nSPS) is 44.3. The zero-order valence-corrected chi connectivity index (χ0v) is 14.6. The molecule has 2 unspecified atom stereocenters. The lowest BCUT2D eigenvalue weighted by Gasteiger charge is -2.59. The minimum atomic E-state index is -0.647. The standard InChI is InChI=1S/C18H24O8/c19-15(23-8-13-6-21-13)25-17-2-11-1-12(4-17)5-18(3-11,10-17)26-16(20)24-9-14-7-22-14/h11-14H,1-10H2. The SMILES string of the molecule is O=C(OCC1CO1)OC12CC3CC(C1)CC(OC(=O)OCC1CO1)(C3)C2. The fraction of sp³-hybridized carbons (Fsp3) is 0.889. The maximum Gasteiger partial charge on any atom is 0.508 e. The van der Waals surface area contributed by atoms with E-state index in [9.17, 15) is 9.59 Å². The third-order valence-electron chi connectivity index (χ3n) is 6.13. The Morgan fingerprint density at radius 2 is 1.23 bits per heavy atom. The molecule has 6 fully saturated rings. The second kappa shape index (κ2) is 5.99. The van der Waals surface area contributed by atoms with Gasteiger partial charge in [0.05, 0.1) is 13.2 Å². The molecule has 4 saturated carbocycles. The Kier molecular flexibility index (Phi) is 3.83. The van der Waals surface area contributed by atoms with Crippen molar-refractivity contribution in [2.75, 3.05) is 26.4 Å². The molecule has 0 aromatic heterocycles. The fourth-order valence-corrected chi connectivity index (χ4v) is 5.40. The lowest BCUT2D eigenvalue weighted by atomic mass is 9.52. The predicted molar refractivity (Wildman–Crippen MR) is 84.5 cm³/mol. The van der Waals surface area contributed by atoms with Gasteiger partial charge in [0, 0.05) is 6.42 Å². The first-order valence-electron chi connectivity index (χ1n) is 9.46. The third kappa shape index (κ3) is 3.49. The Morgan fingerprint density at radius 1 is 0.808 bits per heavy atom. The number of epoxide rings is 2. The summed E-state index contributed by atoms with van der Waals surface area (Å²) in [6.45, 7) is 1.74. The van der Waals surface area contributed by atoms with Crippen molar-refractivity contribution >= 4 is 12.3 Å². The van der Waals surface area contributed by atoms with Gasteiger partial charge in [0.25, 0.3) is 0 Å². The highest BCUT2D eigenvalue weighted by Gasteiger charge is 2.62. The van der Waals surface area contributed by atoms with Crippen LogP contribution in [0, 0.1) is 11.8 Å². The van der Waals surface area contributed by atoms with Gasteiger partial charge in [0.1, 0.15) is 36.6 Å². The van der Waals surface area contributed by atoms with E-state index in [4.69, 9.17) is 28.4 Å². The van der Waals surface area contributed by atoms with Crippen molar-refractivity contribution in [2.24, 2.45) is 11.8 Å². The summed E-state index contributed by atoms with van der Waals surface area (Å²) in [5.74, 6) is 0.797. The maximum absolute atomic E-state index is 12.1. The quantitative estimate of drug-likeness (QED) is 0.520. The van der Waals surface area contributed by atoms with Gasteiger partial charge in [0.2, 0.25) is 0 Å². The van der Waals surface area contributed by atoms with Gasteiger partial charge in [0.15, 0.2) is 0 Å². The van der Waals surface area contributed by atoms with Crippen LogP contribution >= 0.6 is 0 Å². The summed E-state index contributed by atoms with van der Waals surface area (Å²) in [4.78, 5) is 24.2. The minimum absolute atomic E-state index is 0.0128. The molecule has 0 amide bonds. The number of carbonyl (C=O) groups excluding carboxylic acids is 2. The average molecular weight is 368 g/mol. The van der Waals surface area contributed by atoms with Crippen LogP contribution in [0.25, 0.3) is 0 Å². The van der Waals surface area contributed by atoms with E-state index in [1.807, 2.05) is 0 Å². The van der Waals surface area contributed by atoms with E-state index in [0.29, 0.717) is 31.5 Å². The van der Waals surface area contributed by atoms with E-state index in [-0.39, 0.29) is 25.4 Å². The predicted octanol–water partition coefficient (Wildman–Crippen LogP) is 2.18. The molecule has 2 saturated heterocycles. The molecule has 0 spiro atoms. The number of hydrogen-bond donors (Lipinski definition) is 0. The van der Waals surface area contributed by atoms with E-state index in [0.717, 1.165) is 32.1 Å². The monoisotopic (exact) mass is 368 g/mol. The summed E-state index contributed by atoms with van der Waals surface area (Å²) in [6.07, 6.45) is 3.62. The van der Waals surface area contributed by atoms with Gasteiger partial charge in [-0.2, -0.15) is 0 Å². The number of ether oxygens (including phenoxy) is 6. The second-order valence-electron chi connectivity index (χ2n) is 8.56. The Bertz CT molecular complexity index is 534. The summed E-state index contributed by atoms with van der Waals surface area (Å²) in [5, 5.41) is 0. The first-order valence-corrected chi connectivity index (χ1v) is 9.46. The zero-order valence-electron chi connectivity index (χ0n) is 14.6. The molecule has 0 aromatic rings. The molecule has 0 radical (unpaired) electrons. The number of rotatable bonds is 6. The zero-order chi connectivity index (χ0) is 17.8. The van der Waals surface area contributed by atoms with Gasteiger partial charge in [-0.05, 0) is 43.9 Å². The first kappa shape index (κ1) is 16.6. The van der Waals surface area contributed by atoms with Crippen LogP contribution < -0.4 is 0 Å². The molecule has 4 bridgehead atoms. The molecule has 8 heteroatoms. The highest BCUT2D eigenvalue weighted by molar-refractivity contribution is 5.62. The van der Waals surface area contributed by atoms with Crippen LogP contribution in [-0.4, -0.2) is 62.1 Å². The van der Waals surface area contributed by atoms with Crippen LogP contribution in [-0.2, 0) is 28.4 Å². The van der Waals surface area contributed by atoms with Crippen LogP contribution in [0.1, 0.15) is 38.5 Å². The van der Waals surface area contributed by atoms with Crippen molar-refractivity contribution in [2.45, 2.75) is 61.9 Å². The first-order chi connectivity index (χ1) is 12.5. The van der Waals surface area contributed by atoms with Crippen LogP contribution in [0.15, 0.2) is 0 Å². The topological polar surface area (TPSA) is 96.1 Å². The fourth-order valence-electron chi connectivity index (χ4n) is 5.40. The van der Waals surface area contributed by atoms with Crippen LogP contribution in [0.2, 0.25) is 0 Å². The Morgan fingerprint density at radius 3 is 1.62 bits per heavy atom. The van der Waals surface area contributed by atoms with Crippen molar-refractivity contribution in [1.29, 1.82) is 0 Å². The second-order valence-corrected chi connectivity index (χ2v) is 8.56. The van der Waals surface area contributed by atoms with Crippen LogP contribution in [0.4, 0.5) is 9.59 Å². The molecule has 6 aliphatic rings. The summed E-state index contributed by atoms with van der Waals surface area (Å²) in [7, 11) is 0. The summed E-state index contributed by atoms with van der Waals surface area (Å²) >= 11 is 0. The molecule has 2 heterocycles. The lowest BCUT2D eigenvalue weighted by molar-refractivity contribution is -0.210. The maximum atomic E-state index is 12.1. The molecular weight excluding hydrogens is 344 g/mol. The van der Waals surface area contributed by atoms with Crippen molar-refractivity contribution in [3.63, 3.8) is 0 Å². The number of hydrogen-bond acceptors (Lipinski definition) is 8. The van der Waals surface area contributed by atoms with Crippen molar-refractivity contribution < 1.29 is 38.0 Å². The van der Waals surface area contributed by atoms with Crippen molar-refractivity contribution in [1.82, 2.24) is 0 Å². The molecule has 2 aliphatic heterocycles. The molecule has 2 atom stereocenters. The smallest absolute Gasteiger partial charge is 0.431 e. The molecule has 4 aliphatic carbocycles. The van der Waals surface area contributed by atoms with Crippen LogP contribution in [0.3, 0.4) is 0 Å². The minimum Gasteiger partial charge on any atom is -0.431 e. The van der Waals surface area contributed by atoms with E-state index < -0.39 is 23.5 Å². The van der Waals surface area contributed by atoms with E-state index in [1.54, 1.807) is 0 Å².